The van der Waals surface area contributed by atoms with Crippen molar-refractivity contribution in [1.82, 2.24) is 5.32 Å². The van der Waals surface area contributed by atoms with Gasteiger partial charge in [0, 0.05) is 13.0 Å². The lowest BCUT2D eigenvalue weighted by molar-refractivity contribution is -0.145. The minimum absolute atomic E-state index is 0.0442. The average Bonchev–Trinajstić information content (AvgIpc) is 2.96. The number of aliphatic carboxylic acids is 1. The Bertz CT molecular complexity index is 278. The van der Waals surface area contributed by atoms with Crippen LogP contribution in [0.4, 0.5) is 0 Å². The summed E-state index contributed by atoms with van der Waals surface area (Å²) in [4.78, 5) is 11.2. The molecule has 3 atom stereocenters. The maximum absolute atomic E-state index is 11.2. The number of carboxylic acid groups (broad SMARTS) is 1. The minimum atomic E-state index is -0.790. The molecule has 1 saturated carbocycles. The molecule has 1 heterocycles. The molecule has 0 aromatic rings. The van der Waals surface area contributed by atoms with E-state index in [-0.39, 0.29) is 12.2 Å². The second kappa shape index (κ2) is 5.33. The summed E-state index contributed by atoms with van der Waals surface area (Å²) in [6.45, 7) is 1.43. The van der Waals surface area contributed by atoms with Crippen LogP contribution in [0.5, 0.6) is 0 Å². The van der Waals surface area contributed by atoms with Gasteiger partial charge >= 0.3 is 5.97 Å². The van der Waals surface area contributed by atoms with Crippen LogP contribution in [0.1, 0.15) is 32.1 Å². The van der Waals surface area contributed by atoms with Crippen molar-refractivity contribution in [3.05, 3.63) is 0 Å². The molecule has 17 heavy (non-hydrogen) atoms. The van der Waals surface area contributed by atoms with Crippen molar-refractivity contribution in [2.75, 3.05) is 20.3 Å². The summed E-state index contributed by atoms with van der Waals surface area (Å²) >= 11 is 0. The second-order valence-electron chi connectivity index (χ2n) is 4.97. The number of carboxylic acids is 1. The fourth-order valence-electron chi connectivity index (χ4n) is 2.69. The Balaban J connectivity index is 1.78. The molecule has 3 unspecified atom stereocenters. The van der Waals surface area contributed by atoms with Crippen molar-refractivity contribution < 1.29 is 19.4 Å². The molecule has 0 radical (unpaired) electrons. The smallest absolute Gasteiger partial charge is 0.323 e. The standard InChI is InChI=1S/C12H21NO4/c1-13-12(11(14)15)5-4-9(7-12)17-8-10-3-2-6-16-10/h9-10,13H,2-8H2,1H3,(H,14,15). The Kier molecular flexibility index (Phi) is 4.01. The summed E-state index contributed by atoms with van der Waals surface area (Å²) in [6, 6.07) is 0. The van der Waals surface area contributed by atoms with Gasteiger partial charge in [-0.2, -0.15) is 0 Å². The molecule has 2 aliphatic rings. The lowest BCUT2D eigenvalue weighted by atomic mass is 9.98. The summed E-state index contributed by atoms with van der Waals surface area (Å²) in [5.41, 5.74) is -0.790. The third-order valence-electron chi connectivity index (χ3n) is 3.90. The molecule has 2 rings (SSSR count). The predicted octanol–water partition coefficient (Wildman–Crippen LogP) is 0.777. The zero-order chi connectivity index (χ0) is 12.3. The van der Waals surface area contributed by atoms with Gasteiger partial charge in [-0.05, 0) is 32.7 Å². The highest BCUT2D eigenvalue weighted by Gasteiger charge is 2.44. The summed E-state index contributed by atoms with van der Waals surface area (Å²) in [5, 5.41) is 12.1. The van der Waals surface area contributed by atoms with Gasteiger partial charge in [0.25, 0.3) is 0 Å². The molecule has 0 amide bonds. The Morgan fingerprint density at radius 3 is 2.94 bits per heavy atom. The topological polar surface area (TPSA) is 67.8 Å². The van der Waals surface area contributed by atoms with Crippen LogP contribution >= 0.6 is 0 Å². The van der Waals surface area contributed by atoms with Gasteiger partial charge in [0.15, 0.2) is 0 Å². The Labute approximate surface area is 101 Å². The predicted molar refractivity (Wildman–Crippen MR) is 62.0 cm³/mol. The normalized spacial score (nSPS) is 37.5. The number of hydrogen-bond acceptors (Lipinski definition) is 4. The molecule has 0 aromatic heterocycles. The molecule has 1 aliphatic carbocycles. The number of carbonyl (C=O) groups is 1. The van der Waals surface area contributed by atoms with Crippen LogP contribution in [0.2, 0.25) is 0 Å². The zero-order valence-electron chi connectivity index (χ0n) is 10.3. The first-order valence-electron chi connectivity index (χ1n) is 6.32. The molecule has 0 spiro atoms. The molecule has 1 aliphatic heterocycles. The molecule has 2 fully saturated rings. The van der Waals surface area contributed by atoms with Crippen LogP contribution in [0, 0.1) is 0 Å². The van der Waals surface area contributed by atoms with Gasteiger partial charge < -0.3 is 19.9 Å². The second-order valence-corrected chi connectivity index (χ2v) is 4.97. The maximum atomic E-state index is 11.2. The minimum Gasteiger partial charge on any atom is -0.480 e. The van der Waals surface area contributed by atoms with E-state index in [1.807, 2.05) is 0 Å². The van der Waals surface area contributed by atoms with E-state index in [0.717, 1.165) is 25.9 Å². The Hall–Kier alpha value is -0.650. The van der Waals surface area contributed by atoms with Crippen LogP contribution in [0.15, 0.2) is 0 Å². The molecule has 2 N–H and O–H groups in total. The Morgan fingerprint density at radius 2 is 2.41 bits per heavy atom. The monoisotopic (exact) mass is 243 g/mol. The van der Waals surface area contributed by atoms with E-state index in [2.05, 4.69) is 5.32 Å². The van der Waals surface area contributed by atoms with Crippen molar-refractivity contribution in [3.8, 4) is 0 Å². The highest BCUT2D eigenvalue weighted by molar-refractivity contribution is 5.79. The van der Waals surface area contributed by atoms with E-state index in [1.54, 1.807) is 7.05 Å². The third-order valence-corrected chi connectivity index (χ3v) is 3.90. The van der Waals surface area contributed by atoms with Gasteiger partial charge in [-0.25, -0.2) is 0 Å². The first kappa shape index (κ1) is 12.8. The summed E-state index contributed by atoms with van der Waals surface area (Å²) in [5.74, 6) is -0.775. The SMILES string of the molecule is CNC1(C(=O)O)CCC(OCC2CCCO2)C1. The number of hydrogen-bond donors (Lipinski definition) is 2. The van der Waals surface area contributed by atoms with Crippen molar-refractivity contribution >= 4 is 5.97 Å². The fourth-order valence-corrected chi connectivity index (χ4v) is 2.69. The van der Waals surface area contributed by atoms with Gasteiger partial charge in [0.1, 0.15) is 5.54 Å². The van der Waals surface area contributed by atoms with Crippen LogP contribution in [-0.2, 0) is 14.3 Å². The first-order valence-corrected chi connectivity index (χ1v) is 6.32. The van der Waals surface area contributed by atoms with E-state index >= 15 is 0 Å². The Morgan fingerprint density at radius 1 is 1.59 bits per heavy atom. The van der Waals surface area contributed by atoms with E-state index < -0.39 is 11.5 Å². The fraction of sp³-hybridized carbons (Fsp3) is 0.917. The third kappa shape index (κ3) is 2.78. The highest BCUT2D eigenvalue weighted by Crippen LogP contribution is 2.32. The van der Waals surface area contributed by atoms with Crippen molar-refractivity contribution in [2.45, 2.75) is 49.9 Å². The lowest BCUT2D eigenvalue weighted by Crippen LogP contribution is -2.48. The molecule has 0 aromatic carbocycles. The van der Waals surface area contributed by atoms with Gasteiger partial charge in [0.05, 0.1) is 18.8 Å². The average molecular weight is 243 g/mol. The molecule has 1 saturated heterocycles. The number of likely N-dealkylation sites (N-methyl/N-ethyl adjacent to an activating group) is 1. The molecule has 5 nitrogen and oxygen atoms in total. The van der Waals surface area contributed by atoms with Crippen LogP contribution in [-0.4, -0.2) is 49.1 Å². The maximum Gasteiger partial charge on any atom is 0.323 e. The zero-order valence-corrected chi connectivity index (χ0v) is 10.3. The lowest BCUT2D eigenvalue weighted by Gasteiger charge is -2.23. The number of ether oxygens (including phenoxy) is 2. The molecule has 0 bridgehead atoms. The van der Waals surface area contributed by atoms with Gasteiger partial charge in [-0.1, -0.05) is 0 Å². The largest absolute Gasteiger partial charge is 0.480 e. The van der Waals surface area contributed by atoms with Crippen LogP contribution < -0.4 is 5.32 Å². The van der Waals surface area contributed by atoms with E-state index in [1.165, 1.54) is 0 Å². The van der Waals surface area contributed by atoms with Crippen molar-refractivity contribution in [2.24, 2.45) is 0 Å². The molecular weight excluding hydrogens is 222 g/mol. The van der Waals surface area contributed by atoms with Gasteiger partial charge in [-0.15, -0.1) is 0 Å². The quantitative estimate of drug-likeness (QED) is 0.746. The number of rotatable bonds is 5. The van der Waals surface area contributed by atoms with Gasteiger partial charge in [-0.3, -0.25) is 4.79 Å². The number of nitrogens with one attached hydrogen (secondary N) is 1. The van der Waals surface area contributed by atoms with Crippen molar-refractivity contribution in [1.29, 1.82) is 0 Å². The van der Waals surface area contributed by atoms with Crippen LogP contribution in [0.3, 0.4) is 0 Å². The summed E-state index contributed by atoms with van der Waals surface area (Å²) in [7, 11) is 1.70. The van der Waals surface area contributed by atoms with E-state index in [9.17, 15) is 9.90 Å². The van der Waals surface area contributed by atoms with E-state index in [4.69, 9.17) is 9.47 Å². The highest BCUT2D eigenvalue weighted by atomic mass is 16.5. The van der Waals surface area contributed by atoms with Crippen molar-refractivity contribution in [3.63, 3.8) is 0 Å². The molecule has 98 valence electrons. The van der Waals surface area contributed by atoms with Crippen LogP contribution in [0.25, 0.3) is 0 Å². The summed E-state index contributed by atoms with van der Waals surface area (Å²) < 4.78 is 11.2. The molecular formula is C12H21NO4. The van der Waals surface area contributed by atoms with Gasteiger partial charge in [0.2, 0.25) is 0 Å². The summed E-state index contributed by atoms with van der Waals surface area (Å²) in [6.07, 6.45) is 4.41. The first-order chi connectivity index (χ1) is 8.16. The molecule has 5 heteroatoms. The van der Waals surface area contributed by atoms with E-state index in [0.29, 0.717) is 19.4 Å².